The van der Waals surface area contributed by atoms with E-state index < -0.39 is 22.2 Å². The molecule has 1 aliphatic rings. The fraction of sp³-hybridized carbons (Fsp3) is 0.875. The van der Waals surface area contributed by atoms with E-state index in [1.54, 1.807) is 6.92 Å². The summed E-state index contributed by atoms with van der Waals surface area (Å²) in [6.45, 7) is 2.35. The third-order valence-electron chi connectivity index (χ3n) is 2.62. The second-order valence-corrected chi connectivity index (χ2v) is 5.52. The van der Waals surface area contributed by atoms with E-state index in [9.17, 15) is 13.2 Å². The first kappa shape index (κ1) is 12.4. The lowest BCUT2D eigenvalue weighted by atomic mass is 10.2. The Kier molecular flexibility index (Phi) is 3.69. The lowest BCUT2D eigenvalue weighted by Gasteiger charge is -2.25. The van der Waals surface area contributed by atoms with Gasteiger partial charge in [0.05, 0.1) is 0 Å². The van der Waals surface area contributed by atoms with Crippen molar-refractivity contribution in [3.8, 4) is 0 Å². The minimum absolute atomic E-state index is 0.295. The van der Waals surface area contributed by atoms with E-state index in [1.807, 2.05) is 0 Å². The number of hydrogen-bond donors (Lipinski definition) is 1. The Morgan fingerprint density at radius 2 is 2.20 bits per heavy atom. The van der Waals surface area contributed by atoms with Crippen LogP contribution in [0.25, 0.3) is 0 Å². The largest absolute Gasteiger partial charge is 0.480 e. The Morgan fingerprint density at radius 1 is 1.60 bits per heavy atom. The number of carboxylic acid groups (broad SMARTS) is 1. The Balaban J connectivity index is 2.92. The highest BCUT2D eigenvalue weighted by molar-refractivity contribution is 7.86. The van der Waals surface area contributed by atoms with Crippen molar-refractivity contribution in [3.05, 3.63) is 0 Å². The molecule has 1 saturated heterocycles. The highest BCUT2D eigenvalue weighted by Crippen LogP contribution is 2.22. The van der Waals surface area contributed by atoms with Crippen molar-refractivity contribution in [1.82, 2.24) is 8.61 Å². The van der Waals surface area contributed by atoms with Crippen molar-refractivity contribution < 1.29 is 18.3 Å². The van der Waals surface area contributed by atoms with Gasteiger partial charge in [0.2, 0.25) is 0 Å². The van der Waals surface area contributed by atoms with Crippen LogP contribution in [0.4, 0.5) is 0 Å². The number of aliphatic carboxylic acids is 1. The van der Waals surface area contributed by atoms with Crippen LogP contribution in [0.15, 0.2) is 0 Å². The summed E-state index contributed by atoms with van der Waals surface area (Å²) in [4.78, 5) is 10.8. The van der Waals surface area contributed by atoms with E-state index in [1.165, 1.54) is 7.05 Å². The number of rotatable bonds is 4. The van der Waals surface area contributed by atoms with Gasteiger partial charge in [0.15, 0.2) is 0 Å². The van der Waals surface area contributed by atoms with Crippen LogP contribution in [-0.4, -0.2) is 54.3 Å². The van der Waals surface area contributed by atoms with Crippen LogP contribution in [0.3, 0.4) is 0 Å². The first-order valence-electron chi connectivity index (χ1n) is 4.87. The van der Waals surface area contributed by atoms with E-state index in [-0.39, 0.29) is 0 Å². The first-order valence-corrected chi connectivity index (χ1v) is 6.27. The molecule has 0 unspecified atom stereocenters. The minimum atomic E-state index is -3.60. The molecule has 0 aromatic heterocycles. The summed E-state index contributed by atoms with van der Waals surface area (Å²) < 4.78 is 26.0. The van der Waals surface area contributed by atoms with Crippen LogP contribution in [0, 0.1) is 0 Å². The van der Waals surface area contributed by atoms with Crippen LogP contribution in [0.2, 0.25) is 0 Å². The van der Waals surface area contributed by atoms with Crippen LogP contribution in [-0.2, 0) is 15.0 Å². The maximum Gasteiger partial charge on any atom is 0.322 e. The Bertz CT molecular complexity index is 341. The Morgan fingerprint density at radius 3 is 2.67 bits per heavy atom. The van der Waals surface area contributed by atoms with Crippen LogP contribution >= 0.6 is 0 Å². The summed E-state index contributed by atoms with van der Waals surface area (Å²) in [6.07, 6.45) is 1.000. The molecule has 1 N–H and O–H groups in total. The smallest absolute Gasteiger partial charge is 0.322 e. The van der Waals surface area contributed by atoms with Crippen LogP contribution in [0.1, 0.15) is 19.8 Å². The average Bonchev–Trinajstić information content (AvgIpc) is 2.65. The van der Waals surface area contributed by atoms with Crippen molar-refractivity contribution in [2.75, 3.05) is 20.1 Å². The molecule has 88 valence electrons. The van der Waals surface area contributed by atoms with Gasteiger partial charge in [-0.3, -0.25) is 4.79 Å². The van der Waals surface area contributed by atoms with Gasteiger partial charge in [-0.05, 0) is 12.8 Å². The van der Waals surface area contributed by atoms with E-state index in [0.717, 1.165) is 8.61 Å². The fourth-order valence-electron chi connectivity index (χ4n) is 1.61. The molecule has 1 atom stereocenters. The van der Waals surface area contributed by atoms with Crippen molar-refractivity contribution in [1.29, 1.82) is 0 Å². The molecular formula is C8H16N2O4S. The molecule has 1 heterocycles. The van der Waals surface area contributed by atoms with Crippen molar-refractivity contribution in [2.45, 2.75) is 25.8 Å². The molecule has 7 heteroatoms. The van der Waals surface area contributed by atoms with Gasteiger partial charge in [0.25, 0.3) is 10.2 Å². The molecule has 6 nitrogen and oxygen atoms in total. The normalized spacial score (nSPS) is 23.5. The highest BCUT2D eigenvalue weighted by atomic mass is 32.2. The zero-order valence-electron chi connectivity index (χ0n) is 8.88. The molecule has 0 aromatic carbocycles. The van der Waals surface area contributed by atoms with E-state index in [0.29, 0.717) is 25.9 Å². The van der Waals surface area contributed by atoms with Gasteiger partial charge in [-0.2, -0.15) is 17.0 Å². The monoisotopic (exact) mass is 236 g/mol. The summed E-state index contributed by atoms with van der Waals surface area (Å²) in [6, 6.07) is -0.899. The van der Waals surface area contributed by atoms with Crippen molar-refractivity contribution in [2.24, 2.45) is 0 Å². The van der Waals surface area contributed by atoms with Gasteiger partial charge >= 0.3 is 5.97 Å². The molecule has 0 bridgehead atoms. The van der Waals surface area contributed by atoms with Gasteiger partial charge < -0.3 is 5.11 Å². The van der Waals surface area contributed by atoms with Crippen LogP contribution in [0.5, 0.6) is 0 Å². The molecule has 1 rings (SSSR count). The lowest BCUT2D eigenvalue weighted by molar-refractivity contribution is -0.140. The SMILES string of the molecule is CCN(C)S(=O)(=O)N1CCC[C@@H]1C(=O)O. The summed E-state index contributed by atoms with van der Waals surface area (Å²) in [5.41, 5.74) is 0. The second-order valence-electron chi connectivity index (χ2n) is 3.53. The number of carboxylic acids is 1. The molecule has 0 saturated carbocycles. The zero-order valence-corrected chi connectivity index (χ0v) is 9.70. The molecular weight excluding hydrogens is 220 g/mol. The fourth-order valence-corrected chi connectivity index (χ4v) is 3.17. The van der Waals surface area contributed by atoms with Crippen LogP contribution < -0.4 is 0 Å². The Labute approximate surface area is 89.7 Å². The van der Waals surface area contributed by atoms with Gasteiger partial charge in [0.1, 0.15) is 6.04 Å². The lowest BCUT2D eigenvalue weighted by Crippen LogP contribution is -2.47. The summed E-state index contributed by atoms with van der Waals surface area (Å²) in [5, 5.41) is 8.88. The summed E-state index contributed by atoms with van der Waals surface area (Å²) in [5.74, 6) is -1.07. The maximum atomic E-state index is 11.9. The number of carbonyl (C=O) groups is 1. The third kappa shape index (κ3) is 2.30. The number of nitrogens with zero attached hydrogens (tertiary/aromatic N) is 2. The van der Waals surface area contributed by atoms with Crippen molar-refractivity contribution in [3.63, 3.8) is 0 Å². The van der Waals surface area contributed by atoms with Gasteiger partial charge in [-0.25, -0.2) is 0 Å². The minimum Gasteiger partial charge on any atom is -0.480 e. The molecule has 1 fully saturated rings. The first-order chi connectivity index (χ1) is 6.91. The predicted octanol–water partition coefficient (Wildman–Crippen LogP) is -0.268. The van der Waals surface area contributed by atoms with Gasteiger partial charge in [0, 0.05) is 20.1 Å². The molecule has 0 aliphatic carbocycles. The number of hydrogen-bond acceptors (Lipinski definition) is 3. The topological polar surface area (TPSA) is 77.9 Å². The molecule has 0 amide bonds. The second kappa shape index (κ2) is 4.46. The molecule has 15 heavy (non-hydrogen) atoms. The molecule has 0 radical (unpaired) electrons. The predicted molar refractivity (Wildman–Crippen MR) is 54.6 cm³/mol. The molecule has 0 aromatic rings. The zero-order chi connectivity index (χ0) is 11.6. The third-order valence-corrected chi connectivity index (χ3v) is 4.70. The van der Waals surface area contributed by atoms with Gasteiger partial charge in [-0.15, -0.1) is 0 Å². The highest BCUT2D eigenvalue weighted by Gasteiger charge is 2.40. The Hall–Kier alpha value is -0.660. The van der Waals surface area contributed by atoms with Crippen molar-refractivity contribution >= 4 is 16.2 Å². The summed E-state index contributed by atoms with van der Waals surface area (Å²) in [7, 11) is -2.15. The van der Waals surface area contributed by atoms with E-state index in [2.05, 4.69) is 0 Å². The quantitative estimate of drug-likeness (QED) is 0.729. The van der Waals surface area contributed by atoms with Gasteiger partial charge in [-0.1, -0.05) is 6.92 Å². The molecule has 1 aliphatic heterocycles. The molecule has 0 spiro atoms. The standard InChI is InChI=1S/C8H16N2O4S/c1-3-9(2)15(13,14)10-6-4-5-7(10)8(11)12/h7H,3-6H2,1-2H3,(H,11,12)/t7-/m1/s1. The van der Waals surface area contributed by atoms with E-state index in [4.69, 9.17) is 5.11 Å². The maximum absolute atomic E-state index is 11.9. The van der Waals surface area contributed by atoms with E-state index >= 15 is 0 Å². The average molecular weight is 236 g/mol. The summed E-state index contributed by atoms with van der Waals surface area (Å²) >= 11 is 0.